The topological polar surface area (TPSA) is 49.8 Å². The van der Waals surface area contributed by atoms with Gasteiger partial charge in [-0.15, -0.1) is 0 Å². The van der Waals surface area contributed by atoms with E-state index in [4.69, 9.17) is 9.84 Å². The lowest BCUT2D eigenvalue weighted by Gasteiger charge is -2.38. The molecular weight excluding hydrogens is 206 g/mol. The van der Waals surface area contributed by atoms with Crippen molar-refractivity contribution in [3.8, 4) is 0 Å². The monoisotopic (exact) mass is 227 g/mol. The lowest BCUT2D eigenvalue weighted by Crippen LogP contribution is -2.49. The SMILES string of the molecule is CCC1COC(C)CN1CC(C)=CC(=O)O. The van der Waals surface area contributed by atoms with Crippen LogP contribution in [0, 0.1) is 0 Å². The van der Waals surface area contributed by atoms with Crippen molar-refractivity contribution in [2.45, 2.75) is 39.3 Å². The summed E-state index contributed by atoms with van der Waals surface area (Å²) in [7, 11) is 0. The fourth-order valence-corrected chi connectivity index (χ4v) is 2.06. The lowest BCUT2D eigenvalue weighted by atomic mass is 10.1. The molecular formula is C12H21NO3. The van der Waals surface area contributed by atoms with Gasteiger partial charge in [-0.3, -0.25) is 4.90 Å². The molecule has 0 aromatic rings. The van der Waals surface area contributed by atoms with Crippen molar-refractivity contribution in [2.75, 3.05) is 19.7 Å². The number of carboxylic acids is 1. The molecule has 1 rings (SSSR count). The van der Waals surface area contributed by atoms with E-state index in [2.05, 4.69) is 18.7 Å². The molecule has 4 heteroatoms. The molecule has 92 valence electrons. The average molecular weight is 227 g/mol. The fourth-order valence-electron chi connectivity index (χ4n) is 2.06. The van der Waals surface area contributed by atoms with Crippen LogP contribution in [0.2, 0.25) is 0 Å². The Hall–Kier alpha value is -0.870. The molecule has 0 bridgehead atoms. The summed E-state index contributed by atoms with van der Waals surface area (Å²) in [6.45, 7) is 8.39. The number of hydrogen-bond donors (Lipinski definition) is 1. The first kappa shape index (κ1) is 13.2. The zero-order valence-corrected chi connectivity index (χ0v) is 10.3. The third-order valence-corrected chi connectivity index (χ3v) is 2.87. The first-order chi connectivity index (χ1) is 7.52. The zero-order chi connectivity index (χ0) is 12.1. The molecule has 0 aromatic heterocycles. The highest BCUT2D eigenvalue weighted by Crippen LogP contribution is 2.15. The Morgan fingerprint density at radius 2 is 2.31 bits per heavy atom. The zero-order valence-electron chi connectivity index (χ0n) is 10.3. The second kappa shape index (κ2) is 6.01. The molecule has 0 aliphatic carbocycles. The first-order valence-electron chi connectivity index (χ1n) is 5.78. The van der Waals surface area contributed by atoms with Gasteiger partial charge in [-0.25, -0.2) is 4.79 Å². The average Bonchev–Trinajstić information content (AvgIpc) is 2.16. The number of morpholine rings is 1. The molecule has 16 heavy (non-hydrogen) atoms. The predicted octanol–water partition coefficient (Wildman–Crippen LogP) is 1.52. The molecule has 1 saturated heterocycles. The molecule has 1 fully saturated rings. The highest BCUT2D eigenvalue weighted by molar-refractivity contribution is 5.80. The molecule has 2 unspecified atom stereocenters. The molecule has 4 nitrogen and oxygen atoms in total. The van der Waals surface area contributed by atoms with Gasteiger partial charge in [0.1, 0.15) is 0 Å². The van der Waals surface area contributed by atoms with E-state index in [1.807, 2.05) is 6.92 Å². The summed E-state index contributed by atoms with van der Waals surface area (Å²) in [5, 5.41) is 8.67. The number of rotatable bonds is 4. The van der Waals surface area contributed by atoms with Gasteiger partial charge in [0.2, 0.25) is 0 Å². The summed E-state index contributed by atoms with van der Waals surface area (Å²) in [5.41, 5.74) is 0.889. The van der Waals surface area contributed by atoms with Gasteiger partial charge in [-0.2, -0.15) is 0 Å². The number of ether oxygens (including phenoxy) is 1. The van der Waals surface area contributed by atoms with Crippen molar-refractivity contribution in [3.63, 3.8) is 0 Å². The van der Waals surface area contributed by atoms with Crippen LogP contribution < -0.4 is 0 Å². The van der Waals surface area contributed by atoms with Crippen LogP contribution in [0.1, 0.15) is 27.2 Å². The van der Waals surface area contributed by atoms with E-state index >= 15 is 0 Å². The van der Waals surface area contributed by atoms with Crippen LogP contribution in [0.3, 0.4) is 0 Å². The van der Waals surface area contributed by atoms with Crippen LogP contribution in [0.5, 0.6) is 0 Å². The summed E-state index contributed by atoms with van der Waals surface area (Å²) in [6, 6.07) is 0.411. The molecule has 1 aliphatic heterocycles. The number of carbonyl (C=O) groups is 1. The van der Waals surface area contributed by atoms with Gasteiger partial charge in [-0.1, -0.05) is 12.5 Å². The Morgan fingerprint density at radius 1 is 1.62 bits per heavy atom. The van der Waals surface area contributed by atoms with Crippen molar-refractivity contribution >= 4 is 5.97 Å². The Labute approximate surface area is 96.9 Å². The van der Waals surface area contributed by atoms with Gasteiger partial charge < -0.3 is 9.84 Å². The van der Waals surface area contributed by atoms with Gasteiger partial charge in [0.15, 0.2) is 0 Å². The maximum Gasteiger partial charge on any atom is 0.328 e. The van der Waals surface area contributed by atoms with Crippen LogP contribution in [0.4, 0.5) is 0 Å². The maximum atomic E-state index is 10.5. The molecule has 0 spiro atoms. The molecule has 1 heterocycles. The maximum absolute atomic E-state index is 10.5. The van der Waals surface area contributed by atoms with E-state index in [-0.39, 0.29) is 6.10 Å². The summed E-state index contributed by atoms with van der Waals surface area (Å²) >= 11 is 0. The van der Waals surface area contributed by atoms with Crippen LogP contribution in [-0.2, 0) is 9.53 Å². The molecule has 0 aromatic carbocycles. The minimum Gasteiger partial charge on any atom is -0.478 e. The Kier molecular flexibility index (Phi) is 4.96. The van der Waals surface area contributed by atoms with E-state index in [0.29, 0.717) is 6.04 Å². The summed E-state index contributed by atoms with van der Waals surface area (Å²) in [4.78, 5) is 12.9. The first-order valence-corrected chi connectivity index (χ1v) is 5.78. The number of aliphatic carboxylic acids is 1. The van der Waals surface area contributed by atoms with E-state index in [1.54, 1.807) is 0 Å². The van der Waals surface area contributed by atoms with Gasteiger partial charge in [0.05, 0.1) is 12.7 Å². The van der Waals surface area contributed by atoms with Crippen LogP contribution in [-0.4, -0.2) is 47.8 Å². The largest absolute Gasteiger partial charge is 0.478 e. The van der Waals surface area contributed by atoms with Crippen LogP contribution in [0.15, 0.2) is 11.6 Å². The van der Waals surface area contributed by atoms with Gasteiger partial charge in [0.25, 0.3) is 0 Å². The second-order valence-electron chi connectivity index (χ2n) is 4.46. The molecule has 0 amide bonds. The summed E-state index contributed by atoms with van der Waals surface area (Å²) in [6.07, 6.45) is 2.56. The van der Waals surface area contributed by atoms with E-state index < -0.39 is 5.97 Å². The fraction of sp³-hybridized carbons (Fsp3) is 0.750. The predicted molar refractivity (Wildman–Crippen MR) is 62.5 cm³/mol. The highest BCUT2D eigenvalue weighted by atomic mass is 16.5. The van der Waals surface area contributed by atoms with E-state index in [9.17, 15) is 4.79 Å². The minimum atomic E-state index is -0.869. The molecule has 2 atom stereocenters. The van der Waals surface area contributed by atoms with Crippen molar-refractivity contribution in [1.29, 1.82) is 0 Å². The Morgan fingerprint density at radius 3 is 2.88 bits per heavy atom. The smallest absolute Gasteiger partial charge is 0.328 e. The molecule has 1 N–H and O–H groups in total. The Balaban J connectivity index is 2.58. The third kappa shape index (κ3) is 3.94. The van der Waals surface area contributed by atoms with Crippen LogP contribution >= 0.6 is 0 Å². The quantitative estimate of drug-likeness (QED) is 0.740. The van der Waals surface area contributed by atoms with Crippen molar-refractivity contribution < 1.29 is 14.6 Å². The van der Waals surface area contributed by atoms with Gasteiger partial charge in [-0.05, 0) is 20.3 Å². The second-order valence-corrected chi connectivity index (χ2v) is 4.46. The Bertz CT molecular complexity index is 275. The van der Waals surface area contributed by atoms with Gasteiger partial charge >= 0.3 is 5.97 Å². The third-order valence-electron chi connectivity index (χ3n) is 2.87. The van der Waals surface area contributed by atoms with E-state index in [0.717, 1.165) is 31.7 Å². The van der Waals surface area contributed by atoms with E-state index in [1.165, 1.54) is 6.08 Å². The number of nitrogens with zero attached hydrogens (tertiary/aromatic N) is 1. The number of carboxylic acid groups (broad SMARTS) is 1. The van der Waals surface area contributed by atoms with Crippen molar-refractivity contribution in [2.24, 2.45) is 0 Å². The van der Waals surface area contributed by atoms with Crippen molar-refractivity contribution in [3.05, 3.63) is 11.6 Å². The lowest BCUT2D eigenvalue weighted by molar-refractivity contribution is -0.131. The molecule has 0 saturated carbocycles. The van der Waals surface area contributed by atoms with Gasteiger partial charge in [0, 0.05) is 25.2 Å². The molecule has 0 radical (unpaired) electrons. The summed E-state index contributed by atoms with van der Waals surface area (Å²) in [5.74, 6) is -0.869. The summed E-state index contributed by atoms with van der Waals surface area (Å²) < 4.78 is 5.60. The normalized spacial score (nSPS) is 28.1. The number of hydrogen-bond acceptors (Lipinski definition) is 3. The van der Waals surface area contributed by atoms with Crippen LogP contribution in [0.25, 0.3) is 0 Å². The molecule has 1 aliphatic rings. The van der Waals surface area contributed by atoms with Crippen molar-refractivity contribution in [1.82, 2.24) is 4.90 Å². The highest BCUT2D eigenvalue weighted by Gasteiger charge is 2.25. The standard InChI is InChI=1S/C12H21NO3/c1-4-11-8-16-10(3)7-13(11)6-9(2)5-12(14)15/h5,10-11H,4,6-8H2,1-3H3,(H,14,15). The minimum absolute atomic E-state index is 0.237.